The molecule has 0 radical (unpaired) electrons. The molecule has 0 saturated carbocycles. The van der Waals surface area contributed by atoms with Crippen LogP contribution in [-0.2, 0) is 9.53 Å². The first-order valence-electron chi connectivity index (χ1n) is 9.84. The Morgan fingerprint density at radius 2 is 2.00 bits per heavy atom. The van der Waals surface area contributed by atoms with Gasteiger partial charge in [0.25, 0.3) is 0 Å². The molecule has 6 nitrogen and oxygen atoms in total. The fourth-order valence-corrected chi connectivity index (χ4v) is 4.05. The van der Waals surface area contributed by atoms with Gasteiger partial charge in [0.1, 0.15) is 25.1 Å². The first-order valence-corrected chi connectivity index (χ1v) is 9.84. The molecule has 0 aromatic heterocycles. The highest BCUT2D eigenvalue weighted by Gasteiger charge is 2.27. The van der Waals surface area contributed by atoms with E-state index in [4.69, 9.17) is 14.2 Å². The normalized spacial score (nSPS) is 24.3. The van der Waals surface area contributed by atoms with Crippen LogP contribution in [0.25, 0.3) is 0 Å². The molecule has 148 valence electrons. The van der Waals surface area contributed by atoms with Gasteiger partial charge in [0.2, 0.25) is 5.91 Å². The van der Waals surface area contributed by atoms with Crippen molar-refractivity contribution >= 4 is 5.91 Å². The highest BCUT2D eigenvalue weighted by atomic mass is 19.1. The molecular weight excluding hydrogens is 351 g/mol. The van der Waals surface area contributed by atoms with Crippen molar-refractivity contribution in [3.8, 4) is 11.5 Å². The van der Waals surface area contributed by atoms with Gasteiger partial charge < -0.3 is 19.1 Å². The fourth-order valence-electron chi connectivity index (χ4n) is 4.05. The Bertz CT molecular complexity index is 663. The average Bonchev–Trinajstić information content (AvgIpc) is 2.69. The molecule has 3 aliphatic heterocycles. The van der Waals surface area contributed by atoms with Crippen LogP contribution in [0.4, 0.5) is 4.39 Å². The van der Waals surface area contributed by atoms with E-state index in [-0.39, 0.29) is 24.4 Å². The van der Waals surface area contributed by atoms with Crippen LogP contribution in [0.2, 0.25) is 0 Å². The number of morpholine rings is 1. The van der Waals surface area contributed by atoms with Crippen molar-refractivity contribution in [3.05, 3.63) is 24.0 Å². The van der Waals surface area contributed by atoms with Crippen LogP contribution in [-0.4, -0.2) is 74.4 Å². The number of fused-ring (bicyclic) bond motifs is 1. The highest BCUT2D eigenvalue weighted by molar-refractivity contribution is 5.77. The minimum Gasteiger partial charge on any atom is -0.486 e. The van der Waals surface area contributed by atoms with Crippen molar-refractivity contribution in [2.75, 3.05) is 52.5 Å². The van der Waals surface area contributed by atoms with Crippen LogP contribution in [0.3, 0.4) is 0 Å². The second-order valence-corrected chi connectivity index (χ2v) is 7.61. The largest absolute Gasteiger partial charge is 0.486 e. The van der Waals surface area contributed by atoms with Gasteiger partial charge in [-0.3, -0.25) is 9.69 Å². The number of amides is 1. The van der Waals surface area contributed by atoms with Gasteiger partial charge >= 0.3 is 0 Å². The lowest BCUT2D eigenvalue weighted by molar-refractivity contribution is -0.142. The minimum atomic E-state index is -0.309. The van der Waals surface area contributed by atoms with E-state index in [9.17, 15) is 9.18 Å². The van der Waals surface area contributed by atoms with Crippen LogP contribution < -0.4 is 9.47 Å². The minimum absolute atomic E-state index is 0.0227. The maximum Gasteiger partial charge on any atom is 0.248 e. The van der Waals surface area contributed by atoms with E-state index in [1.54, 1.807) is 6.07 Å². The first-order chi connectivity index (χ1) is 13.2. The Labute approximate surface area is 159 Å². The van der Waals surface area contributed by atoms with Gasteiger partial charge in [-0.1, -0.05) is 0 Å². The number of hydrogen-bond donors (Lipinski definition) is 0. The molecule has 1 atom stereocenters. The van der Waals surface area contributed by atoms with E-state index in [0.717, 1.165) is 52.0 Å². The summed E-state index contributed by atoms with van der Waals surface area (Å²) in [7, 11) is 0. The number of rotatable bonds is 5. The number of nitrogens with zero attached hydrogens (tertiary/aromatic N) is 2. The summed E-state index contributed by atoms with van der Waals surface area (Å²) in [6, 6.07) is 4.40. The van der Waals surface area contributed by atoms with Crippen LogP contribution in [0.15, 0.2) is 18.2 Å². The Morgan fingerprint density at radius 1 is 1.15 bits per heavy atom. The van der Waals surface area contributed by atoms with E-state index in [1.165, 1.54) is 12.1 Å². The lowest BCUT2D eigenvalue weighted by Crippen LogP contribution is -2.45. The third-order valence-electron chi connectivity index (χ3n) is 5.68. The van der Waals surface area contributed by atoms with E-state index in [1.807, 2.05) is 4.90 Å². The number of carbonyl (C=O) groups is 1. The Morgan fingerprint density at radius 3 is 2.81 bits per heavy atom. The van der Waals surface area contributed by atoms with Crippen molar-refractivity contribution < 1.29 is 23.4 Å². The molecule has 1 amide bonds. The number of piperidine rings is 1. The average molecular weight is 378 g/mol. The van der Waals surface area contributed by atoms with Crippen molar-refractivity contribution in [2.24, 2.45) is 5.92 Å². The van der Waals surface area contributed by atoms with Crippen molar-refractivity contribution in [1.29, 1.82) is 0 Å². The SMILES string of the molecule is O=C1COCCN1CCC1CCN(CC2COc3cc(F)ccc3O2)CC1. The summed E-state index contributed by atoms with van der Waals surface area (Å²) < 4.78 is 30.0. The monoisotopic (exact) mass is 378 g/mol. The Balaban J connectivity index is 1.19. The molecule has 0 bridgehead atoms. The third-order valence-corrected chi connectivity index (χ3v) is 5.68. The second kappa shape index (κ2) is 8.44. The lowest BCUT2D eigenvalue weighted by Gasteiger charge is -2.36. The summed E-state index contributed by atoms with van der Waals surface area (Å²) >= 11 is 0. The molecule has 0 N–H and O–H groups in total. The summed E-state index contributed by atoms with van der Waals surface area (Å²) in [5, 5.41) is 0. The third kappa shape index (κ3) is 4.71. The van der Waals surface area contributed by atoms with Gasteiger partial charge in [0.15, 0.2) is 11.5 Å². The van der Waals surface area contributed by atoms with Gasteiger partial charge in [-0.2, -0.15) is 0 Å². The molecule has 7 heteroatoms. The van der Waals surface area contributed by atoms with Crippen LogP contribution in [0, 0.1) is 11.7 Å². The van der Waals surface area contributed by atoms with Gasteiger partial charge in [-0.25, -0.2) is 4.39 Å². The van der Waals surface area contributed by atoms with Crippen molar-refractivity contribution in [1.82, 2.24) is 9.80 Å². The second-order valence-electron chi connectivity index (χ2n) is 7.61. The number of hydrogen-bond acceptors (Lipinski definition) is 5. The van der Waals surface area contributed by atoms with Gasteiger partial charge in [0.05, 0.1) is 6.61 Å². The Kier molecular flexibility index (Phi) is 5.78. The number of carbonyl (C=O) groups excluding carboxylic acids is 1. The first kappa shape index (κ1) is 18.5. The predicted octanol–water partition coefficient (Wildman–Crippen LogP) is 1.93. The molecule has 1 unspecified atom stereocenters. The number of ether oxygens (including phenoxy) is 3. The van der Waals surface area contributed by atoms with E-state index >= 15 is 0 Å². The molecule has 27 heavy (non-hydrogen) atoms. The van der Waals surface area contributed by atoms with Gasteiger partial charge in [-0.15, -0.1) is 0 Å². The van der Waals surface area contributed by atoms with E-state index in [0.29, 0.717) is 30.6 Å². The topological polar surface area (TPSA) is 51.2 Å². The summed E-state index contributed by atoms with van der Waals surface area (Å²) in [6.07, 6.45) is 3.34. The Hall–Kier alpha value is -1.86. The molecule has 4 rings (SSSR count). The molecule has 1 aromatic rings. The van der Waals surface area contributed by atoms with Crippen LogP contribution in [0.1, 0.15) is 19.3 Å². The zero-order valence-electron chi connectivity index (χ0n) is 15.6. The van der Waals surface area contributed by atoms with Crippen LogP contribution >= 0.6 is 0 Å². The lowest BCUT2D eigenvalue weighted by atomic mass is 9.93. The van der Waals surface area contributed by atoms with Gasteiger partial charge in [-0.05, 0) is 50.4 Å². The molecule has 3 aliphatic rings. The summed E-state index contributed by atoms with van der Waals surface area (Å²) in [6.45, 7) is 5.82. The maximum atomic E-state index is 13.2. The van der Waals surface area contributed by atoms with E-state index in [2.05, 4.69) is 4.90 Å². The zero-order chi connectivity index (χ0) is 18.6. The zero-order valence-corrected chi connectivity index (χ0v) is 15.6. The van der Waals surface area contributed by atoms with Gasteiger partial charge in [0, 0.05) is 25.7 Å². The smallest absolute Gasteiger partial charge is 0.248 e. The summed E-state index contributed by atoms with van der Waals surface area (Å²) in [5.41, 5.74) is 0. The molecule has 2 fully saturated rings. The predicted molar refractivity (Wildman–Crippen MR) is 97.5 cm³/mol. The summed E-state index contributed by atoms with van der Waals surface area (Å²) in [5.74, 6) is 1.59. The standard InChI is InChI=1S/C20H27FN2O4/c21-16-1-2-18-19(11-16)26-13-17(27-18)12-22-6-3-15(4-7-22)5-8-23-9-10-25-14-20(23)24/h1-2,11,15,17H,3-10,12-14H2. The van der Waals surface area contributed by atoms with Crippen LogP contribution in [0.5, 0.6) is 11.5 Å². The number of likely N-dealkylation sites (tertiary alicyclic amines) is 1. The fraction of sp³-hybridized carbons (Fsp3) is 0.650. The highest BCUT2D eigenvalue weighted by Crippen LogP contribution is 2.32. The molecule has 0 spiro atoms. The van der Waals surface area contributed by atoms with Crippen molar-refractivity contribution in [2.45, 2.75) is 25.4 Å². The molecule has 1 aromatic carbocycles. The quantitative estimate of drug-likeness (QED) is 0.784. The van der Waals surface area contributed by atoms with E-state index < -0.39 is 0 Å². The number of halogens is 1. The molecule has 3 heterocycles. The molecular formula is C20H27FN2O4. The number of benzene rings is 1. The maximum absolute atomic E-state index is 13.2. The summed E-state index contributed by atoms with van der Waals surface area (Å²) in [4.78, 5) is 16.1. The van der Waals surface area contributed by atoms with Crippen molar-refractivity contribution in [3.63, 3.8) is 0 Å². The molecule has 2 saturated heterocycles. The molecule has 0 aliphatic carbocycles.